The van der Waals surface area contributed by atoms with Crippen LogP contribution >= 0.6 is 0 Å². The van der Waals surface area contributed by atoms with Gasteiger partial charge in [-0.15, -0.1) is 0 Å². The summed E-state index contributed by atoms with van der Waals surface area (Å²) in [7, 11) is -1.42. The van der Waals surface area contributed by atoms with Gasteiger partial charge in [-0.1, -0.05) is 27.2 Å². The molecule has 80 valence electrons. The maximum absolute atomic E-state index is 5.95. The molecule has 0 unspecified atom stereocenters. The zero-order valence-electron chi connectivity index (χ0n) is 10.2. The Kier molecular flexibility index (Phi) is 5.48. The van der Waals surface area contributed by atoms with Crippen LogP contribution in [-0.2, 0) is 4.12 Å². The molecule has 0 saturated heterocycles. The molecule has 0 radical (unpaired) electrons. The average Bonchev–Trinajstić information content (AvgIpc) is 1.97. The van der Waals surface area contributed by atoms with Gasteiger partial charge in [0.1, 0.15) is 9.76 Å². The van der Waals surface area contributed by atoms with Gasteiger partial charge in [-0.25, -0.2) is 0 Å². The summed E-state index contributed by atoms with van der Waals surface area (Å²) in [5.74, 6) is 0. The highest BCUT2D eigenvalue weighted by molar-refractivity contribution is 6.73. The van der Waals surface area contributed by atoms with E-state index in [-0.39, 0.29) is 9.76 Å². The van der Waals surface area contributed by atoms with E-state index in [9.17, 15) is 0 Å². The third-order valence-electron chi connectivity index (χ3n) is 2.49. The zero-order chi connectivity index (χ0) is 10.5. The van der Waals surface area contributed by atoms with E-state index in [1.54, 1.807) is 0 Å². The normalized spacial score (nSPS) is 14.3. The van der Waals surface area contributed by atoms with Gasteiger partial charge in [0.05, 0.1) is 0 Å². The molecule has 0 aliphatic carbocycles. The highest BCUT2D eigenvalue weighted by Crippen LogP contribution is 2.26. The summed E-state index contributed by atoms with van der Waals surface area (Å²) >= 11 is 0. The van der Waals surface area contributed by atoms with Crippen LogP contribution in [0.4, 0.5) is 0 Å². The lowest BCUT2D eigenvalue weighted by Crippen LogP contribution is -2.27. The number of hydrogen-bond donors (Lipinski definition) is 0. The van der Waals surface area contributed by atoms with Crippen molar-refractivity contribution in [3.05, 3.63) is 0 Å². The molecule has 0 spiro atoms. The molecular weight excluding hydrogens is 192 g/mol. The maximum Gasteiger partial charge on any atom is 0.169 e. The Hall–Kier alpha value is 0.394. The van der Waals surface area contributed by atoms with Gasteiger partial charge in [0.2, 0.25) is 0 Å². The number of rotatable bonds is 6. The van der Waals surface area contributed by atoms with Crippen molar-refractivity contribution >= 4 is 18.1 Å². The summed E-state index contributed by atoms with van der Waals surface area (Å²) in [4.78, 5) is 0. The Balaban J connectivity index is 3.47. The summed E-state index contributed by atoms with van der Waals surface area (Å²) in [5, 5.41) is 0. The third-order valence-corrected chi connectivity index (χ3v) is 7.41. The predicted molar refractivity (Wildman–Crippen MR) is 66.5 cm³/mol. The fraction of sp³-hybridized carbons (Fsp3) is 1.00. The topological polar surface area (TPSA) is 9.23 Å². The van der Waals surface area contributed by atoms with Crippen molar-refractivity contribution in [1.82, 2.24) is 0 Å². The molecule has 0 saturated carbocycles. The monoisotopic (exact) mass is 218 g/mol. The molecule has 0 aromatic rings. The molecular formula is C10H26OSi2. The van der Waals surface area contributed by atoms with Crippen molar-refractivity contribution in [3.63, 3.8) is 0 Å². The lowest BCUT2D eigenvalue weighted by molar-refractivity contribution is 0.334. The SMILES string of the molecule is CCC(C)(C)CC[SiH2]O[Si](C)(C)C. The van der Waals surface area contributed by atoms with Gasteiger partial charge in [-0.3, -0.25) is 0 Å². The molecule has 3 heteroatoms. The first-order chi connectivity index (χ1) is 5.77. The number of hydrogen-bond acceptors (Lipinski definition) is 1. The van der Waals surface area contributed by atoms with Crippen LogP contribution in [0.5, 0.6) is 0 Å². The summed E-state index contributed by atoms with van der Waals surface area (Å²) in [6, 6.07) is 1.35. The highest BCUT2D eigenvalue weighted by Gasteiger charge is 2.16. The van der Waals surface area contributed by atoms with E-state index in [2.05, 4.69) is 40.4 Å². The van der Waals surface area contributed by atoms with Crippen molar-refractivity contribution in [1.29, 1.82) is 0 Å². The second kappa shape index (κ2) is 5.32. The third kappa shape index (κ3) is 8.72. The second-order valence-electron chi connectivity index (χ2n) is 5.58. The summed E-state index contributed by atoms with van der Waals surface area (Å²) < 4.78 is 5.95. The molecule has 0 aliphatic rings. The molecule has 0 aromatic carbocycles. The van der Waals surface area contributed by atoms with Crippen LogP contribution in [0.1, 0.15) is 33.6 Å². The van der Waals surface area contributed by atoms with Gasteiger partial charge in [-0.2, -0.15) is 0 Å². The Morgan fingerprint density at radius 1 is 1.23 bits per heavy atom. The molecule has 0 heterocycles. The van der Waals surface area contributed by atoms with Gasteiger partial charge < -0.3 is 4.12 Å². The molecule has 0 fully saturated rings. The standard InChI is InChI=1S/C10H26OSi2/c1-7-10(2,3)8-9-12-11-13(4,5)6/h7-9,12H2,1-6H3. The highest BCUT2D eigenvalue weighted by atomic mass is 28.4. The van der Waals surface area contributed by atoms with E-state index in [4.69, 9.17) is 4.12 Å². The van der Waals surface area contributed by atoms with Crippen molar-refractivity contribution in [3.8, 4) is 0 Å². The van der Waals surface area contributed by atoms with Crippen molar-refractivity contribution in [2.45, 2.75) is 59.3 Å². The molecule has 13 heavy (non-hydrogen) atoms. The van der Waals surface area contributed by atoms with Gasteiger partial charge in [0.15, 0.2) is 8.32 Å². The first-order valence-electron chi connectivity index (χ1n) is 5.41. The van der Waals surface area contributed by atoms with Crippen LogP contribution in [0.2, 0.25) is 25.7 Å². The fourth-order valence-corrected chi connectivity index (χ4v) is 5.23. The second-order valence-corrected chi connectivity index (χ2v) is 12.1. The van der Waals surface area contributed by atoms with Crippen molar-refractivity contribution < 1.29 is 4.12 Å². The summed E-state index contributed by atoms with van der Waals surface area (Å²) in [6.07, 6.45) is 2.63. The molecule has 0 aromatic heterocycles. The van der Waals surface area contributed by atoms with Crippen LogP contribution in [0.25, 0.3) is 0 Å². The van der Waals surface area contributed by atoms with E-state index in [1.165, 1.54) is 18.9 Å². The van der Waals surface area contributed by atoms with Crippen molar-refractivity contribution in [2.75, 3.05) is 0 Å². The summed E-state index contributed by atoms with van der Waals surface area (Å²) in [6.45, 7) is 13.8. The molecule has 0 amide bonds. The first kappa shape index (κ1) is 13.4. The van der Waals surface area contributed by atoms with E-state index in [0.29, 0.717) is 5.41 Å². The molecule has 0 rings (SSSR count). The Morgan fingerprint density at radius 3 is 2.15 bits per heavy atom. The van der Waals surface area contributed by atoms with Crippen LogP contribution in [-0.4, -0.2) is 18.1 Å². The predicted octanol–water partition coefficient (Wildman–Crippen LogP) is 3.17. The minimum Gasteiger partial charge on any atom is -0.461 e. The van der Waals surface area contributed by atoms with E-state index in [1.807, 2.05) is 0 Å². The van der Waals surface area contributed by atoms with Gasteiger partial charge in [0.25, 0.3) is 0 Å². The fourth-order valence-electron chi connectivity index (χ4n) is 1.11. The van der Waals surface area contributed by atoms with Crippen LogP contribution in [0, 0.1) is 5.41 Å². The molecule has 1 nitrogen and oxygen atoms in total. The quantitative estimate of drug-likeness (QED) is 0.491. The maximum atomic E-state index is 5.95. The summed E-state index contributed by atoms with van der Waals surface area (Å²) in [5.41, 5.74) is 0.537. The van der Waals surface area contributed by atoms with Gasteiger partial charge in [-0.05, 0) is 37.5 Å². The largest absolute Gasteiger partial charge is 0.461 e. The molecule has 0 atom stereocenters. The van der Waals surface area contributed by atoms with Crippen molar-refractivity contribution in [2.24, 2.45) is 5.41 Å². The minimum absolute atomic E-state index is 0.220. The van der Waals surface area contributed by atoms with Gasteiger partial charge in [0, 0.05) is 0 Å². The van der Waals surface area contributed by atoms with Crippen LogP contribution in [0.15, 0.2) is 0 Å². The van der Waals surface area contributed by atoms with Crippen LogP contribution in [0.3, 0.4) is 0 Å². The Bertz CT molecular complexity index is 138. The Labute approximate surface area is 87.3 Å². The minimum atomic E-state index is -1.20. The molecule has 0 bridgehead atoms. The molecule has 0 aliphatic heterocycles. The lowest BCUT2D eigenvalue weighted by atomic mass is 9.87. The van der Waals surface area contributed by atoms with E-state index >= 15 is 0 Å². The first-order valence-corrected chi connectivity index (χ1v) is 10.4. The van der Waals surface area contributed by atoms with E-state index in [0.717, 1.165) is 0 Å². The zero-order valence-corrected chi connectivity index (χ0v) is 12.7. The average molecular weight is 218 g/mol. The lowest BCUT2D eigenvalue weighted by Gasteiger charge is -2.23. The molecule has 0 N–H and O–H groups in total. The van der Waals surface area contributed by atoms with Crippen LogP contribution < -0.4 is 0 Å². The van der Waals surface area contributed by atoms with E-state index < -0.39 is 8.32 Å². The Morgan fingerprint density at radius 2 is 1.77 bits per heavy atom. The van der Waals surface area contributed by atoms with Gasteiger partial charge >= 0.3 is 0 Å². The smallest absolute Gasteiger partial charge is 0.169 e.